The highest BCUT2D eigenvalue weighted by atomic mass is 32.2. The summed E-state index contributed by atoms with van der Waals surface area (Å²) in [5.74, 6) is -0.397. The van der Waals surface area contributed by atoms with Gasteiger partial charge in [-0.05, 0) is 61.7 Å². The normalized spacial score (nSPS) is 18.9. The van der Waals surface area contributed by atoms with Gasteiger partial charge in [0.15, 0.2) is 0 Å². The van der Waals surface area contributed by atoms with Crippen LogP contribution in [0.15, 0.2) is 58.3 Å². The molecule has 0 amide bonds. The minimum atomic E-state index is -3.82. The van der Waals surface area contributed by atoms with Crippen molar-refractivity contribution in [3.8, 4) is 0 Å². The third-order valence-corrected chi connectivity index (χ3v) is 8.31. The average molecular weight is 427 g/mol. The van der Waals surface area contributed by atoms with Crippen LogP contribution < -0.4 is 4.72 Å². The molecule has 3 rings (SSSR count). The second-order valence-corrected chi connectivity index (χ2v) is 10.5. The molecule has 28 heavy (non-hydrogen) atoms. The van der Waals surface area contributed by atoms with Crippen molar-refractivity contribution >= 4 is 20.0 Å². The number of sulfonamides is 2. The van der Waals surface area contributed by atoms with Gasteiger partial charge in [-0.25, -0.2) is 25.9 Å². The van der Waals surface area contributed by atoms with E-state index in [4.69, 9.17) is 0 Å². The van der Waals surface area contributed by atoms with Crippen LogP contribution in [0.2, 0.25) is 0 Å². The van der Waals surface area contributed by atoms with Crippen molar-refractivity contribution < 1.29 is 21.2 Å². The summed E-state index contributed by atoms with van der Waals surface area (Å²) in [4.78, 5) is 0.0546. The van der Waals surface area contributed by atoms with Crippen LogP contribution in [0.25, 0.3) is 0 Å². The van der Waals surface area contributed by atoms with Gasteiger partial charge < -0.3 is 0 Å². The lowest BCUT2D eigenvalue weighted by Gasteiger charge is -2.32. The van der Waals surface area contributed by atoms with Gasteiger partial charge in [-0.1, -0.05) is 18.6 Å². The molecule has 0 spiro atoms. The highest BCUT2D eigenvalue weighted by Crippen LogP contribution is 2.25. The van der Waals surface area contributed by atoms with Crippen molar-refractivity contribution in [2.45, 2.75) is 48.6 Å². The lowest BCUT2D eigenvalue weighted by molar-refractivity contribution is 0.268. The van der Waals surface area contributed by atoms with Crippen molar-refractivity contribution in [1.29, 1.82) is 0 Å². The number of benzene rings is 2. The zero-order chi connectivity index (χ0) is 20.4. The molecule has 2 aromatic rings. The maximum absolute atomic E-state index is 12.9. The first-order valence-corrected chi connectivity index (χ1v) is 12.0. The van der Waals surface area contributed by atoms with Gasteiger partial charge in [0.25, 0.3) is 0 Å². The summed E-state index contributed by atoms with van der Waals surface area (Å²) in [5.41, 5.74) is 0.614. The van der Waals surface area contributed by atoms with Crippen LogP contribution in [0, 0.1) is 5.82 Å². The van der Waals surface area contributed by atoms with Crippen molar-refractivity contribution in [3.63, 3.8) is 0 Å². The molecule has 1 N–H and O–H groups in total. The van der Waals surface area contributed by atoms with Gasteiger partial charge in [0.1, 0.15) is 5.82 Å². The molecule has 0 aromatic heterocycles. The van der Waals surface area contributed by atoms with E-state index in [1.54, 1.807) is 0 Å². The van der Waals surface area contributed by atoms with E-state index in [1.807, 2.05) is 6.92 Å². The molecule has 9 heteroatoms. The maximum atomic E-state index is 12.9. The average Bonchev–Trinajstić information content (AvgIpc) is 2.68. The number of piperidine rings is 1. The van der Waals surface area contributed by atoms with E-state index < -0.39 is 25.9 Å². The van der Waals surface area contributed by atoms with E-state index in [2.05, 4.69) is 4.72 Å². The molecule has 152 valence electrons. The quantitative estimate of drug-likeness (QED) is 0.770. The number of halogens is 1. The zero-order valence-electron chi connectivity index (χ0n) is 15.5. The molecule has 1 heterocycles. The largest absolute Gasteiger partial charge is 0.243 e. The first-order chi connectivity index (χ1) is 13.2. The Balaban J connectivity index is 1.74. The number of rotatable bonds is 6. The molecule has 1 aliphatic heterocycles. The van der Waals surface area contributed by atoms with Crippen molar-refractivity contribution in [2.24, 2.45) is 0 Å². The Morgan fingerprint density at radius 1 is 0.964 bits per heavy atom. The van der Waals surface area contributed by atoms with Crippen LogP contribution in [0.5, 0.6) is 0 Å². The number of hydrogen-bond acceptors (Lipinski definition) is 4. The van der Waals surface area contributed by atoms with Crippen molar-refractivity contribution in [1.82, 2.24) is 9.03 Å². The fourth-order valence-electron chi connectivity index (χ4n) is 3.22. The molecule has 1 fully saturated rings. The molecule has 0 unspecified atom stereocenters. The van der Waals surface area contributed by atoms with Gasteiger partial charge in [0, 0.05) is 19.1 Å². The summed E-state index contributed by atoms with van der Waals surface area (Å²) >= 11 is 0. The van der Waals surface area contributed by atoms with Crippen LogP contribution in [0.1, 0.15) is 31.7 Å². The Bertz CT molecular complexity index is 1020. The van der Waals surface area contributed by atoms with Gasteiger partial charge >= 0.3 is 0 Å². The smallest absolute Gasteiger partial charge is 0.207 e. The lowest BCUT2D eigenvalue weighted by Crippen LogP contribution is -2.41. The molecule has 0 aliphatic carbocycles. The lowest BCUT2D eigenvalue weighted by atomic mass is 10.1. The van der Waals surface area contributed by atoms with Crippen LogP contribution in [-0.2, 0) is 26.6 Å². The SMILES string of the molecule is C[C@@H]1CCCCN1S(=O)(=O)c1ccc(S(=O)(=O)NCc2ccc(F)cc2)cc1. The van der Waals surface area contributed by atoms with E-state index in [9.17, 15) is 21.2 Å². The van der Waals surface area contributed by atoms with Crippen LogP contribution in [0.3, 0.4) is 0 Å². The van der Waals surface area contributed by atoms with Crippen LogP contribution >= 0.6 is 0 Å². The van der Waals surface area contributed by atoms with E-state index in [0.29, 0.717) is 12.1 Å². The van der Waals surface area contributed by atoms with E-state index in [-0.39, 0.29) is 22.4 Å². The Labute approximate surface area is 165 Å². The first-order valence-electron chi connectivity index (χ1n) is 9.06. The third kappa shape index (κ3) is 4.60. The van der Waals surface area contributed by atoms with E-state index in [1.165, 1.54) is 52.8 Å². The summed E-state index contributed by atoms with van der Waals surface area (Å²) < 4.78 is 67.4. The number of nitrogens with one attached hydrogen (secondary N) is 1. The molecule has 2 aromatic carbocycles. The molecule has 1 atom stereocenters. The van der Waals surface area contributed by atoms with Gasteiger partial charge in [-0.3, -0.25) is 0 Å². The zero-order valence-corrected chi connectivity index (χ0v) is 17.1. The second-order valence-electron chi connectivity index (χ2n) is 6.88. The van der Waals surface area contributed by atoms with Gasteiger partial charge in [0.2, 0.25) is 20.0 Å². The number of nitrogens with zero attached hydrogens (tertiary/aromatic N) is 1. The minimum absolute atomic E-state index is 0.00789. The summed E-state index contributed by atoms with van der Waals surface area (Å²) in [6, 6.07) is 10.6. The van der Waals surface area contributed by atoms with Crippen LogP contribution in [0.4, 0.5) is 4.39 Å². The van der Waals surface area contributed by atoms with E-state index in [0.717, 1.165) is 19.3 Å². The Kier molecular flexibility index (Phi) is 6.18. The van der Waals surface area contributed by atoms with Gasteiger partial charge in [0.05, 0.1) is 9.79 Å². The van der Waals surface area contributed by atoms with Crippen LogP contribution in [-0.4, -0.2) is 33.7 Å². The highest BCUT2D eigenvalue weighted by Gasteiger charge is 2.31. The molecule has 1 saturated heterocycles. The standard InChI is InChI=1S/C19H23FN2O4S2/c1-15-4-2-3-13-22(15)28(25,26)19-11-9-18(10-12-19)27(23,24)21-14-16-5-7-17(20)8-6-16/h5-12,15,21H,2-4,13-14H2,1H3/t15-/m1/s1. The summed E-state index contributed by atoms with van der Waals surface area (Å²) in [6.07, 6.45) is 2.65. The molecule has 1 aliphatic rings. The fourth-order valence-corrected chi connectivity index (χ4v) is 5.94. The minimum Gasteiger partial charge on any atom is -0.207 e. The fraction of sp³-hybridized carbons (Fsp3) is 0.368. The predicted molar refractivity (Wildman–Crippen MR) is 104 cm³/mol. The van der Waals surface area contributed by atoms with Gasteiger partial charge in [-0.15, -0.1) is 0 Å². The Morgan fingerprint density at radius 2 is 1.57 bits per heavy atom. The summed E-state index contributed by atoms with van der Waals surface area (Å²) in [5, 5.41) is 0. The summed E-state index contributed by atoms with van der Waals surface area (Å²) in [6.45, 7) is 2.37. The van der Waals surface area contributed by atoms with Crippen molar-refractivity contribution in [3.05, 3.63) is 59.9 Å². The molecule has 0 bridgehead atoms. The maximum Gasteiger partial charge on any atom is 0.243 e. The van der Waals surface area contributed by atoms with Gasteiger partial charge in [-0.2, -0.15) is 4.31 Å². The summed E-state index contributed by atoms with van der Waals surface area (Å²) in [7, 11) is -7.47. The second kappa shape index (κ2) is 8.28. The molecule has 0 saturated carbocycles. The first kappa shape index (κ1) is 20.9. The topological polar surface area (TPSA) is 83.6 Å². The third-order valence-electron chi connectivity index (χ3n) is 4.86. The molecular weight excluding hydrogens is 403 g/mol. The molecule has 6 nitrogen and oxygen atoms in total. The predicted octanol–water partition coefficient (Wildman–Crippen LogP) is 2.87. The van der Waals surface area contributed by atoms with E-state index >= 15 is 0 Å². The van der Waals surface area contributed by atoms with Crippen molar-refractivity contribution in [2.75, 3.05) is 6.54 Å². The Hall–Kier alpha value is -1.81. The molecule has 0 radical (unpaired) electrons. The monoisotopic (exact) mass is 426 g/mol. The number of hydrogen-bond donors (Lipinski definition) is 1. The molecular formula is C19H23FN2O4S2. The Morgan fingerprint density at radius 3 is 2.18 bits per heavy atom. The highest BCUT2D eigenvalue weighted by molar-refractivity contribution is 7.89.